The molecule has 150 valence electrons. The van der Waals surface area contributed by atoms with Crippen LogP contribution in [0.15, 0.2) is 77.7 Å². The van der Waals surface area contributed by atoms with Gasteiger partial charge in [-0.1, -0.05) is 48.0 Å². The molecule has 0 aromatic heterocycles. The molecule has 29 heavy (non-hydrogen) atoms. The van der Waals surface area contributed by atoms with E-state index in [-0.39, 0.29) is 17.3 Å². The number of anilines is 1. The van der Waals surface area contributed by atoms with Crippen molar-refractivity contribution >= 4 is 21.6 Å². The summed E-state index contributed by atoms with van der Waals surface area (Å²) in [6, 6.07) is 21.3. The van der Waals surface area contributed by atoms with Crippen molar-refractivity contribution in [3.8, 4) is 0 Å². The Morgan fingerprint density at radius 1 is 0.931 bits per heavy atom. The van der Waals surface area contributed by atoms with Crippen LogP contribution in [0.25, 0.3) is 0 Å². The zero-order valence-corrected chi connectivity index (χ0v) is 17.5. The maximum atomic E-state index is 12.8. The molecule has 0 aliphatic carbocycles. The van der Waals surface area contributed by atoms with E-state index in [9.17, 15) is 13.2 Å². The first-order chi connectivity index (χ1) is 13.8. The van der Waals surface area contributed by atoms with Crippen molar-refractivity contribution in [3.05, 3.63) is 95.1 Å². The van der Waals surface area contributed by atoms with Gasteiger partial charge in [0.2, 0.25) is 10.0 Å². The quantitative estimate of drug-likeness (QED) is 0.658. The zero-order chi connectivity index (χ0) is 21.0. The van der Waals surface area contributed by atoms with E-state index in [1.54, 1.807) is 19.2 Å². The highest BCUT2D eigenvalue weighted by Gasteiger charge is 2.21. The highest BCUT2D eigenvalue weighted by Crippen LogP contribution is 2.20. The summed E-state index contributed by atoms with van der Waals surface area (Å²) in [5, 5.41) is 2.83. The predicted octanol–water partition coefficient (Wildman–Crippen LogP) is 4.38. The van der Waals surface area contributed by atoms with Crippen LogP contribution in [0.4, 0.5) is 5.69 Å². The summed E-state index contributed by atoms with van der Waals surface area (Å²) in [7, 11) is -2.07. The predicted molar refractivity (Wildman–Crippen MR) is 115 cm³/mol. The number of benzene rings is 3. The van der Waals surface area contributed by atoms with Crippen LogP contribution < -0.4 is 5.32 Å². The average Bonchev–Trinajstić information content (AvgIpc) is 2.71. The van der Waals surface area contributed by atoms with Gasteiger partial charge in [-0.15, -0.1) is 0 Å². The summed E-state index contributed by atoms with van der Waals surface area (Å²) in [5.74, 6) is -0.219. The molecule has 0 saturated carbocycles. The van der Waals surface area contributed by atoms with Gasteiger partial charge < -0.3 is 5.32 Å². The molecule has 0 spiro atoms. The van der Waals surface area contributed by atoms with Crippen LogP contribution >= 0.6 is 0 Å². The van der Waals surface area contributed by atoms with Crippen molar-refractivity contribution < 1.29 is 13.2 Å². The van der Waals surface area contributed by atoms with Crippen molar-refractivity contribution in [1.29, 1.82) is 0 Å². The first-order valence-electron chi connectivity index (χ1n) is 9.26. The van der Waals surface area contributed by atoms with E-state index in [1.807, 2.05) is 62.4 Å². The molecule has 0 atom stereocenters. The molecular formula is C23H24N2O3S. The van der Waals surface area contributed by atoms with E-state index in [0.717, 1.165) is 16.7 Å². The Bertz CT molecular complexity index is 1110. The highest BCUT2D eigenvalue weighted by molar-refractivity contribution is 7.89. The van der Waals surface area contributed by atoms with Crippen LogP contribution in [0.2, 0.25) is 0 Å². The van der Waals surface area contributed by atoms with E-state index < -0.39 is 10.0 Å². The largest absolute Gasteiger partial charge is 0.322 e. The Balaban J connectivity index is 1.73. The summed E-state index contributed by atoms with van der Waals surface area (Å²) in [4.78, 5) is 12.7. The van der Waals surface area contributed by atoms with Gasteiger partial charge in [-0.25, -0.2) is 8.42 Å². The second-order valence-corrected chi connectivity index (χ2v) is 9.09. The minimum absolute atomic E-state index is 0.181. The summed E-state index contributed by atoms with van der Waals surface area (Å²) in [5.41, 5.74) is 3.94. The van der Waals surface area contributed by atoms with Gasteiger partial charge in [0.25, 0.3) is 5.91 Å². The molecule has 0 aliphatic heterocycles. The number of nitrogens with one attached hydrogen (secondary N) is 1. The van der Waals surface area contributed by atoms with Gasteiger partial charge in [0.1, 0.15) is 0 Å². The van der Waals surface area contributed by atoms with E-state index in [2.05, 4.69) is 5.32 Å². The topological polar surface area (TPSA) is 66.5 Å². The van der Waals surface area contributed by atoms with E-state index in [0.29, 0.717) is 11.3 Å². The van der Waals surface area contributed by atoms with Crippen molar-refractivity contribution in [1.82, 2.24) is 4.31 Å². The maximum Gasteiger partial charge on any atom is 0.255 e. The lowest BCUT2D eigenvalue weighted by Gasteiger charge is -2.17. The molecule has 6 heteroatoms. The fraction of sp³-hybridized carbons (Fsp3) is 0.174. The van der Waals surface area contributed by atoms with Crippen LogP contribution in [-0.2, 0) is 16.6 Å². The van der Waals surface area contributed by atoms with Crippen molar-refractivity contribution in [3.63, 3.8) is 0 Å². The first kappa shape index (κ1) is 20.8. The second-order valence-electron chi connectivity index (χ2n) is 7.04. The third-order valence-electron chi connectivity index (χ3n) is 4.71. The molecule has 3 aromatic rings. The van der Waals surface area contributed by atoms with E-state index in [1.165, 1.54) is 16.4 Å². The monoisotopic (exact) mass is 408 g/mol. The van der Waals surface area contributed by atoms with Crippen LogP contribution in [-0.4, -0.2) is 25.7 Å². The average molecular weight is 409 g/mol. The van der Waals surface area contributed by atoms with Crippen LogP contribution in [0, 0.1) is 13.8 Å². The summed E-state index contributed by atoms with van der Waals surface area (Å²) >= 11 is 0. The summed E-state index contributed by atoms with van der Waals surface area (Å²) in [6.45, 7) is 4.10. The number of hydrogen-bond donors (Lipinski definition) is 1. The highest BCUT2D eigenvalue weighted by atomic mass is 32.2. The molecule has 0 radical (unpaired) electrons. The molecule has 0 aliphatic rings. The molecule has 3 aromatic carbocycles. The lowest BCUT2D eigenvalue weighted by atomic mass is 10.1. The van der Waals surface area contributed by atoms with Gasteiger partial charge in [-0.05, 0) is 55.3 Å². The number of carbonyl (C=O) groups excluding carboxylic acids is 1. The molecule has 3 rings (SSSR count). The van der Waals surface area contributed by atoms with Gasteiger partial charge >= 0.3 is 0 Å². The first-order valence-corrected chi connectivity index (χ1v) is 10.7. The smallest absolute Gasteiger partial charge is 0.255 e. The molecule has 0 fully saturated rings. The Morgan fingerprint density at radius 2 is 1.59 bits per heavy atom. The number of rotatable bonds is 6. The molecule has 0 unspecified atom stereocenters. The Labute approximate surface area is 172 Å². The van der Waals surface area contributed by atoms with Gasteiger partial charge in [0.15, 0.2) is 0 Å². The van der Waals surface area contributed by atoms with Crippen LogP contribution in [0.5, 0.6) is 0 Å². The van der Waals surface area contributed by atoms with Crippen molar-refractivity contribution in [2.45, 2.75) is 25.3 Å². The van der Waals surface area contributed by atoms with Crippen LogP contribution in [0.3, 0.4) is 0 Å². The summed E-state index contributed by atoms with van der Waals surface area (Å²) < 4.78 is 26.9. The Morgan fingerprint density at radius 3 is 2.24 bits per heavy atom. The number of sulfonamides is 1. The fourth-order valence-corrected chi connectivity index (χ4v) is 4.15. The molecule has 5 nitrogen and oxygen atoms in total. The molecule has 0 heterocycles. The zero-order valence-electron chi connectivity index (χ0n) is 16.7. The SMILES string of the molecule is Cc1ccc(C)c(C(=O)Nc2ccc(S(=O)(=O)N(C)Cc3ccccc3)cc2)c1. The fourth-order valence-electron chi connectivity index (χ4n) is 2.99. The second kappa shape index (κ2) is 8.59. The molecule has 0 saturated heterocycles. The molecular weight excluding hydrogens is 384 g/mol. The van der Waals surface area contributed by atoms with E-state index in [4.69, 9.17) is 0 Å². The molecule has 1 amide bonds. The summed E-state index contributed by atoms with van der Waals surface area (Å²) in [6.07, 6.45) is 0. The minimum atomic E-state index is -3.63. The van der Waals surface area contributed by atoms with Crippen molar-refractivity contribution in [2.75, 3.05) is 12.4 Å². The lowest BCUT2D eigenvalue weighted by Crippen LogP contribution is -2.26. The van der Waals surface area contributed by atoms with Crippen LogP contribution in [0.1, 0.15) is 27.0 Å². The minimum Gasteiger partial charge on any atom is -0.322 e. The maximum absolute atomic E-state index is 12.8. The Hall–Kier alpha value is -2.96. The normalized spacial score (nSPS) is 11.4. The molecule has 0 bridgehead atoms. The number of hydrogen-bond acceptors (Lipinski definition) is 3. The van der Waals surface area contributed by atoms with Gasteiger partial charge in [0, 0.05) is 24.8 Å². The van der Waals surface area contributed by atoms with Gasteiger partial charge in [0.05, 0.1) is 4.90 Å². The standard InChI is InChI=1S/C23H24N2O3S/c1-17-9-10-18(2)22(15-17)23(26)24-20-11-13-21(14-12-20)29(27,28)25(3)16-19-7-5-4-6-8-19/h4-15H,16H2,1-3H3,(H,24,26). The van der Waals surface area contributed by atoms with Gasteiger partial charge in [-0.3, -0.25) is 4.79 Å². The number of amides is 1. The Kier molecular flexibility index (Phi) is 6.15. The molecule has 1 N–H and O–H groups in total. The van der Waals surface area contributed by atoms with E-state index >= 15 is 0 Å². The van der Waals surface area contributed by atoms with Gasteiger partial charge in [-0.2, -0.15) is 4.31 Å². The third kappa shape index (κ3) is 4.91. The third-order valence-corrected chi connectivity index (χ3v) is 6.52. The number of aryl methyl sites for hydroxylation is 2. The number of nitrogens with zero attached hydrogens (tertiary/aromatic N) is 1. The van der Waals surface area contributed by atoms with Crippen molar-refractivity contribution in [2.24, 2.45) is 0 Å². The lowest BCUT2D eigenvalue weighted by molar-refractivity contribution is 0.102. The number of carbonyl (C=O) groups is 1.